The number of halogens is 1. The number of amides is 2. The van der Waals surface area contributed by atoms with Crippen LogP contribution in [0.4, 0.5) is 5.69 Å². The van der Waals surface area contributed by atoms with E-state index in [1.54, 1.807) is 11.3 Å². The zero-order valence-electron chi connectivity index (χ0n) is 19.1. The van der Waals surface area contributed by atoms with Gasteiger partial charge in [0.15, 0.2) is 0 Å². The average molecular weight is 510 g/mol. The topological polar surface area (TPSA) is 83.8 Å². The lowest BCUT2D eigenvalue weighted by Gasteiger charge is -2.37. The predicted octanol–water partition coefficient (Wildman–Crippen LogP) is 5.42. The van der Waals surface area contributed by atoms with Crippen molar-refractivity contribution in [1.29, 1.82) is 0 Å². The molecule has 2 amide bonds. The predicted molar refractivity (Wildman–Crippen MR) is 137 cm³/mol. The highest BCUT2D eigenvalue weighted by Crippen LogP contribution is 2.38. The van der Waals surface area contributed by atoms with E-state index in [2.05, 4.69) is 12.6 Å². The molecular weight excluding hydrogens is 486 g/mol. The van der Waals surface area contributed by atoms with Crippen LogP contribution in [0.2, 0.25) is 5.02 Å². The third-order valence-electron chi connectivity index (χ3n) is 6.03. The van der Waals surface area contributed by atoms with Crippen LogP contribution in [0.5, 0.6) is 0 Å². The molecule has 7 nitrogen and oxygen atoms in total. The van der Waals surface area contributed by atoms with Crippen LogP contribution in [0.3, 0.4) is 0 Å². The summed E-state index contributed by atoms with van der Waals surface area (Å²) in [6.45, 7) is 6.20. The van der Waals surface area contributed by atoms with Crippen molar-refractivity contribution in [3.63, 3.8) is 0 Å². The van der Waals surface area contributed by atoms with Crippen molar-refractivity contribution in [3.8, 4) is 0 Å². The second kappa shape index (κ2) is 10.4. The summed E-state index contributed by atoms with van der Waals surface area (Å²) < 4.78 is 0. The van der Waals surface area contributed by atoms with E-state index in [1.165, 1.54) is 28.0 Å². The van der Waals surface area contributed by atoms with Gasteiger partial charge in [-0.1, -0.05) is 47.5 Å². The first-order chi connectivity index (χ1) is 16.8. The summed E-state index contributed by atoms with van der Waals surface area (Å²) in [6.07, 6.45) is 2.28. The lowest BCUT2D eigenvalue weighted by Crippen LogP contribution is -2.46. The van der Waals surface area contributed by atoms with Crippen LogP contribution < -0.4 is 0 Å². The molecule has 180 valence electrons. The van der Waals surface area contributed by atoms with Crippen LogP contribution in [-0.2, 0) is 11.2 Å². The number of hydrogen-bond donors (Lipinski definition) is 0. The molecule has 1 aliphatic rings. The molecule has 0 fully saturated rings. The summed E-state index contributed by atoms with van der Waals surface area (Å²) >= 11 is 7.58. The van der Waals surface area contributed by atoms with Crippen molar-refractivity contribution in [2.24, 2.45) is 0 Å². The maximum Gasteiger partial charge on any atom is 0.288 e. The number of hydrogen-bond acceptors (Lipinski definition) is 5. The Labute approximate surface area is 212 Å². The minimum Gasteiger partial charge on any atom is -0.330 e. The van der Waals surface area contributed by atoms with Gasteiger partial charge >= 0.3 is 0 Å². The minimum absolute atomic E-state index is 0.0567. The summed E-state index contributed by atoms with van der Waals surface area (Å²) in [4.78, 5) is 41.9. The monoisotopic (exact) mass is 509 g/mol. The van der Waals surface area contributed by atoms with Gasteiger partial charge in [-0.2, -0.15) is 0 Å². The molecule has 1 unspecified atom stereocenters. The van der Waals surface area contributed by atoms with Gasteiger partial charge in [0.25, 0.3) is 11.6 Å². The SMILES string of the molecule is C=CCN(CC(=O)N1CCc2sccc2C1c1ccc(C)cc1)C(=O)c1ccc(Cl)c([N+](=O)[O-])c1. The van der Waals surface area contributed by atoms with Gasteiger partial charge in [0.2, 0.25) is 5.91 Å². The number of carbonyl (C=O) groups is 2. The van der Waals surface area contributed by atoms with Gasteiger partial charge in [-0.15, -0.1) is 17.9 Å². The normalized spacial score (nSPS) is 14.8. The summed E-state index contributed by atoms with van der Waals surface area (Å²) in [6, 6.07) is 13.8. The lowest BCUT2D eigenvalue weighted by molar-refractivity contribution is -0.384. The number of benzene rings is 2. The van der Waals surface area contributed by atoms with Gasteiger partial charge in [0.1, 0.15) is 11.6 Å². The van der Waals surface area contributed by atoms with Crippen molar-refractivity contribution in [2.75, 3.05) is 19.6 Å². The molecule has 1 aliphatic heterocycles. The van der Waals surface area contributed by atoms with Crippen molar-refractivity contribution in [2.45, 2.75) is 19.4 Å². The molecule has 3 aromatic rings. The van der Waals surface area contributed by atoms with Crippen LogP contribution in [-0.4, -0.2) is 46.2 Å². The minimum atomic E-state index is -0.638. The number of aryl methyl sites for hydroxylation is 1. The lowest BCUT2D eigenvalue weighted by atomic mass is 9.92. The van der Waals surface area contributed by atoms with Crippen molar-refractivity contribution >= 4 is 40.4 Å². The zero-order chi connectivity index (χ0) is 25.1. The molecule has 0 N–H and O–H groups in total. The fourth-order valence-corrected chi connectivity index (χ4v) is 5.38. The standard InChI is InChI=1S/C26H24ClN3O4S/c1-3-12-28(26(32)19-8-9-21(27)22(15-19)30(33)34)16-24(31)29-13-10-23-20(11-14-35-23)25(29)18-6-4-17(2)5-7-18/h3-9,11,14-15,25H,1,10,12-13,16H2,2H3. The second-order valence-corrected chi connectivity index (χ2v) is 9.75. The first-order valence-electron chi connectivity index (χ1n) is 11.1. The van der Waals surface area contributed by atoms with Gasteiger partial charge in [-0.3, -0.25) is 19.7 Å². The maximum absolute atomic E-state index is 13.6. The molecule has 1 aromatic heterocycles. The third kappa shape index (κ3) is 5.13. The van der Waals surface area contributed by atoms with Gasteiger partial charge in [-0.05, 0) is 48.1 Å². The van der Waals surface area contributed by atoms with Crippen molar-refractivity contribution in [1.82, 2.24) is 9.80 Å². The Bertz CT molecular complexity index is 1290. The molecule has 0 bridgehead atoms. The molecule has 0 radical (unpaired) electrons. The Morgan fingerprint density at radius 1 is 1.26 bits per heavy atom. The maximum atomic E-state index is 13.6. The first-order valence-corrected chi connectivity index (χ1v) is 12.3. The summed E-state index contributed by atoms with van der Waals surface area (Å²) in [5, 5.41) is 13.3. The molecule has 9 heteroatoms. The number of rotatable bonds is 7. The number of thiophene rings is 1. The van der Waals surface area contributed by atoms with Crippen LogP contribution in [0, 0.1) is 17.0 Å². The van der Waals surface area contributed by atoms with E-state index in [0.29, 0.717) is 6.54 Å². The first kappa shape index (κ1) is 24.6. The van der Waals surface area contributed by atoms with Crippen LogP contribution in [0.15, 0.2) is 66.6 Å². The molecule has 2 aromatic carbocycles. The molecule has 0 aliphatic carbocycles. The quantitative estimate of drug-likeness (QED) is 0.242. The largest absolute Gasteiger partial charge is 0.330 e. The zero-order valence-corrected chi connectivity index (χ0v) is 20.7. The van der Waals surface area contributed by atoms with E-state index < -0.39 is 10.8 Å². The van der Waals surface area contributed by atoms with Crippen molar-refractivity contribution in [3.05, 3.63) is 109 Å². The molecule has 2 heterocycles. The average Bonchev–Trinajstić information content (AvgIpc) is 3.32. The highest BCUT2D eigenvalue weighted by Gasteiger charge is 2.34. The van der Waals surface area contributed by atoms with E-state index in [9.17, 15) is 19.7 Å². The molecular formula is C26H24ClN3O4S. The molecule has 0 saturated carbocycles. The number of fused-ring (bicyclic) bond motifs is 1. The van der Waals surface area contributed by atoms with Gasteiger partial charge < -0.3 is 9.80 Å². The number of nitrogens with zero attached hydrogens (tertiary/aromatic N) is 3. The van der Waals surface area contributed by atoms with Gasteiger partial charge in [0, 0.05) is 29.6 Å². The molecule has 4 rings (SSSR count). The van der Waals surface area contributed by atoms with E-state index in [0.717, 1.165) is 29.2 Å². The molecule has 0 spiro atoms. The van der Waals surface area contributed by atoms with E-state index >= 15 is 0 Å². The Kier molecular flexibility index (Phi) is 7.33. The molecule has 1 atom stereocenters. The third-order valence-corrected chi connectivity index (χ3v) is 7.35. The van der Waals surface area contributed by atoms with Crippen LogP contribution >= 0.6 is 22.9 Å². The highest BCUT2D eigenvalue weighted by molar-refractivity contribution is 7.10. The Morgan fingerprint density at radius 2 is 2.00 bits per heavy atom. The molecule has 0 saturated heterocycles. The summed E-state index contributed by atoms with van der Waals surface area (Å²) in [5.41, 5.74) is 2.98. The Balaban J connectivity index is 1.62. The Hall–Kier alpha value is -3.49. The van der Waals surface area contributed by atoms with Crippen molar-refractivity contribution < 1.29 is 14.5 Å². The number of carbonyl (C=O) groups excluding carboxylic acids is 2. The smallest absolute Gasteiger partial charge is 0.288 e. The summed E-state index contributed by atoms with van der Waals surface area (Å²) in [5.74, 6) is -0.704. The van der Waals surface area contributed by atoms with E-state index in [1.807, 2.05) is 41.5 Å². The highest BCUT2D eigenvalue weighted by atomic mass is 35.5. The van der Waals surface area contributed by atoms with Crippen LogP contribution in [0.25, 0.3) is 0 Å². The summed E-state index contributed by atoms with van der Waals surface area (Å²) in [7, 11) is 0. The van der Waals surface area contributed by atoms with Gasteiger partial charge in [0.05, 0.1) is 11.0 Å². The van der Waals surface area contributed by atoms with Crippen LogP contribution in [0.1, 0.15) is 38.0 Å². The fraction of sp³-hybridized carbons (Fsp3) is 0.231. The van der Waals surface area contributed by atoms with E-state index in [4.69, 9.17) is 11.6 Å². The number of nitro groups is 1. The molecule has 35 heavy (non-hydrogen) atoms. The Morgan fingerprint density at radius 3 is 2.69 bits per heavy atom. The van der Waals surface area contributed by atoms with E-state index in [-0.39, 0.29) is 41.3 Å². The second-order valence-electron chi connectivity index (χ2n) is 8.35. The van der Waals surface area contributed by atoms with Gasteiger partial charge in [-0.25, -0.2) is 0 Å². The number of nitro benzene ring substituents is 1. The fourth-order valence-electron chi connectivity index (χ4n) is 4.29.